The molecule has 2 fully saturated rings. The van der Waals surface area contributed by atoms with Gasteiger partial charge in [0.1, 0.15) is 11.5 Å². The van der Waals surface area contributed by atoms with Gasteiger partial charge in [-0.05, 0) is 24.3 Å². The molecule has 0 bridgehead atoms. The molecule has 6 heteroatoms. The molecule has 6 nitrogen and oxygen atoms in total. The molecule has 0 spiro atoms. The lowest BCUT2D eigenvalue weighted by atomic mass is 10.1. The van der Waals surface area contributed by atoms with Gasteiger partial charge in [-0.2, -0.15) is 0 Å². The molecule has 0 unspecified atom stereocenters. The van der Waals surface area contributed by atoms with Crippen molar-refractivity contribution in [2.24, 2.45) is 0 Å². The smallest absolute Gasteiger partial charge is 0.270 e. The molecule has 27 heavy (non-hydrogen) atoms. The van der Waals surface area contributed by atoms with Gasteiger partial charge in [-0.25, -0.2) is 4.98 Å². The van der Waals surface area contributed by atoms with Crippen LogP contribution in [0.25, 0.3) is 10.9 Å². The van der Waals surface area contributed by atoms with E-state index in [9.17, 15) is 4.79 Å². The summed E-state index contributed by atoms with van der Waals surface area (Å²) >= 11 is 0. The average molecular weight is 361 g/mol. The first-order valence-corrected chi connectivity index (χ1v) is 9.55. The van der Waals surface area contributed by atoms with Gasteiger partial charge in [-0.3, -0.25) is 9.69 Å². The molecule has 2 aliphatic rings. The van der Waals surface area contributed by atoms with Gasteiger partial charge in [-0.1, -0.05) is 24.3 Å². The third-order valence-electron chi connectivity index (χ3n) is 5.71. The fourth-order valence-corrected chi connectivity index (χ4v) is 4.07. The van der Waals surface area contributed by atoms with Crippen LogP contribution >= 0.6 is 0 Å². The van der Waals surface area contributed by atoms with E-state index in [-0.39, 0.29) is 5.91 Å². The third kappa shape index (κ3) is 3.06. The summed E-state index contributed by atoms with van der Waals surface area (Å²) in [5, 5.41) is 1.09. The summed E-state index contributed by atoms with van der Waals surface area (Å²) in [6, 6.07) is 16.5. The van der Waals surface area contributed by atoms with Gasteiger partial charge in [0.15, 0.2) is 0 Å². The standard InChI is InChI=1S/C21H23N5O/c27-21(19-13-16-5-1-2-6-18(16)23-19)26-14-17(15-26)24-9-11-25(12-10-24)20-7-3-4-8-22-20/h1-8,13,17,23H,9-12,14-15H2. The van der Waals surface area contributed by atoms with Gasteiger partial charge in [-0.15, -0.1) is 0 Å². The van der Waals surface area contributed by atoms with Crippen molar-refractivity contribution in [2.75, 3.05) is 44.2 Å². The second kappa shape index (κ2) is 6.70. The van der Waals surface area contributed by atoms with Crippen LogP contribution in [0.15, 0.2) is 54.7 Å². The molecule has 1 aromatic carbocycles. The number of carbonyl (C=O) groups is 1. The first kappa shape index (κ1) is 16.3. The van der Waals surface area contributed by atoms with E-state index in [4.69, 9.17) is 0 Å². The number of pyridine rings is 1. The quantitative estimate of drug-likeness (QED) is 0.777. The minimum absolute atomic E-state index is 0.106. The van der Waals surface area contributed by atoms with Gasteiger partial charge >= 0.3 is 0 Å². The lowest BCUT2D eigenvalue weighted by molar-refractivity contribution is 0.0242. The minimum Gasteiger partial charge on any atom is -0.354 e. The molecular weight excluding hydrogens is 338 g/mol. The second-order valence-electron chi connectivity index (χ2n) is 7.35. The van der Waals surface area contributed by atoms with E-state index in [1.165, 1.54) is 0 Å². The first-order valence-electron chi connectivity index (χ1n) is 9.55. The summed E-state index contributed by atoms with van der Waals surface area (Å²) in [6.45, 7) is 5.66. The number of hydrogen-bond acceptors (Lipinski definition) is 4. The van der Waals surface area contributed by atoms with Crippen molar-refractivity contribution in [2.45, 2.75) is 6.04 Å². The molecule has 0 radical (unpaired) electrons. The van der Waals surface area contributed by atoms with Crippen molar-refractivity contribution >= 4 is 22.6 Å². The lowest BCUT2D eigenvalue weighted by Gasteiger charge is -2.48. The highest BCUT2D eigenvalue weighted by molar-refractivity contribution is 5.98. The number of hydrogen-bond donors (Lipinski definition) is 1. The predicted octanol–water partition coefficient (Wildman–Crippen LogP) is 2.21. The summed E-state index contributed by atoms with van der Waals surface area (Å²) in [7, 11) is 0. The Hall–Kier alpha value is -2.86. The lowest BCUT2D eigenvalue weighted by Crippen LogP contribution is -2.64. The van der Waals surface area contributed by atoms with Crippen LogP contribution in [0.5, 0.6) is 0 Å². The van der Waals surface area contributed by atoms with E-state index >= 15 is 0 Å². The van der Waals surface area contributed by atoms with Gasteiger partial charge in [0.05, 0.1) is 0 Å². The van der Waals surface area contributed by atoms with E-state index in [0.29, 0.717) is 11.7 Å². The van der Waals surface area contributed by atoms with E-state index in [1.807, 2.05) is 53.6 Å². The number of nitrogens with one attached hydrogen (secondary N) is 1. The van der Waals surface area contributed by atoms with Crippen molar-refractivity contribution in [1.29, 1.82) is 0 Å². The summed E-state index contributed by atoms with van der Waals surface area (Å²) in [6.07, 6.45) is 1.85. The first-order chi connectivity index (χ1) is 13.3. The van der Waals surface area contributed by atoms with Gasteiger partial charge < -0.3 is 14.8 Å². The molecule has 5 rings (SSSR count). The number of aromatic nitrogens is 2. The van der Waals surface area contributed by atoms with Crippen molar-refractivity contribution < 1.29 is 4.79 Å². The maximum absolute atomic E-state index is 12.7. The summed E-state index contributed by atoms with van der Waals surface area (Å²) in [5.74, 6) is 1.16. The zero-order valence-electron chi connectivity index (χ0n) is 15.2. The van der Waals surface area contributed by atoms with Crippen molar-refractivity contribution in [3.63, 3.8) is 0 Å². The Morgan fingerprint density at radius 3 is 2.52 bits per heavy atom. The molecule has 2 aliphatic heterocycles. The van der Waals surface area contributed by atoms with Crippen LogP contribution < -0.4 is 4.90 Å². The Morgan fingerprint density at radius 2 is 1.78 bits per heavy atom. The number of fused-ring (bicyclic) bond motifs is 1. The average Bonchev–Trinajstić information content (AvgIpc) is 3.12. The number of likely N-dealkylation sites (tertiary alicyclic amines) is 1. The molecular formula is C21H23N5O. The second-order valence-corrected chi connectivity index (χ2v) is 7.35. The van der Waals surface area contributed by atoms with Crippen LogP contribution in [0.2, 0.25) is 0 Å². The number of para-hydroxylation sites is 1. The Balaban J connectivity index is 1.16. The Bertz CT molecular complexity index is 906. The molecule has 0 saturated carbocycles. The van der Waals surface area contributed by atoms with E-state index < -0.39 is 0 Å². The monoisotopic (exact) mass is 361 g/mol. The van der Waals surface area contributed by atoms with Crippen molar-refractivity contribution in [3.05, 3.63) is 60.4 Å². The van der Waals surface area contributed by atoms with E-state index in [1.54, 1.807) is 0 Å². The highest BCUT2D eigenvalue weighted by Crippen LogP contribution is 2.22. The number of aromatic amines is 1. The molecule has 4 heterocycles. The highest BCUT2D eigenvalue weighted by atomic mass is 16.2. The molecule has 1 amide bonds. The number of H-pyrrole nitrogens is 1. The molecule has 1 N–H and O–H groups in total. The largest absolute Gasteiger partial charge is 0.354 e. The minimum atomic E-state index is 0.106. The number of anilines is 1. The Kier molecular flexibility index (Phi) is 4.05. The molecule has 2 aromatic heterocycles. The van der Waals surface area contributed by atoms with Crippen LogP contribution in [-0.4, -0.2) is 71.0 Å². The molecule has 138 valence electrons. The van der Waals surface area contributed by atoms with Crippen LogP contribution in [0.4, 0.5) is 5.82 Å². The SMILES string of the molecule is O=C(c1cc2ccccc2[nH]1)N1CC(N2CCN(c3ccccn3)CC2)C1. The van der Waals surface area contributed by atoms with Crippen molar-refractivity contribution in [3.8, 4) is 0 Å². The summed E-state index contributed by atoms with van der Waals surface area (Å²) < 4.78 is 0. The van der Waals surface area contributed by atoms with Crippen LogP contribution in [0.1, 0.15) is 10.5 Å². The highest BCUT2D eigenvalue weighted by Gasteiger charge is 2.36. The Morgan fingerprint density at radius 1 is 1.00 bits per heavy atom. The number of nitrogens with zero attached hydrogens (tertiary/aromatic N) is 4. The van der Waals surface area contributed by atoms with E-state index in [0.717, 1.165) is 56.0 Å². The number of carbonyl (C=O) groups excluding carboxylic acids is 1. The molecule has 0 aliphatic carbocycles. The zero-order chi connectivity index (χ0) is 18.2. The number of benzene rings is 1. The molecule has 0 atom stereocenters. The Labute approximate surface area is 158 Å². The normalized spacial score (nSPS) is 18.7. The number of amides is 1. The topological polar surface area (TPSA) is 55.5 Å². The summed E-state index contributed by atoms with van der Waals surface area (Å²) in [4.78, 5) is 27.2. The van der Waals surface area contributed by atoms with Crippen LogP contribution in [0, 0.1) is 0 Å². The third-order valence-corrected chi connectivity index (χ3v) is 5.71. The molecule has 2 saturated heterocycles. The van der Waals surface area contributed by atoms with E-state index in [2.05, 4.69) is 25.8 Å². The number of piperazine rings is 1. The fourth-order valence-electron chi connectivity index (χ4n) is 4.07. The van der Waals surface area contributed by atoms with Crippen LogP contribution in [-0.2, 0) is 0 Å². The number of rotatable bonds is 3. The fraction of sp³-hybridized carbons (Fsp3) is 0.333. The van der Waals surface area contributed by atoms with Crippen LogP contribution in [0.3, 0.4) is 0 Å². The predicted molar refractivity (Wildman–Crippen MR) is 106 cm³/mol. The van der Waals surface area contributed by atoms with Crippen molar-refractivity contribution in [1.82, 2.24) is 19.8 Å². The zero-order valence-corrected chi connectivity index (χ0v) is 15.2. The van der Waals surface area contributed by atoms with Gasteiger partial charge in [0.2, 0.25) is 0 Å². The van der Waals surface area contributed by atoms with Gasteiger partial charge in [0.25, 0.3) is 5.91 Å². The maximum atomic E-state index is 12.7. The molecule has 3 aromatic rings. The maximum Gasteiger partial charge on any atom is 0.270 e. The summed E-state index contributed by atoms with van der Waals surface area (Å²) in [5.41, 5.74) is 1.71. The van der Waals surface area contributed by atoms with Gasteiger partial charge in [0, 0.05) is 62.4 Å².